The lowest BCUT2D eigenvalue weighted by Crippen LogP contribution is -2.09. The summed E-state index contributed by atoms with van der Waals surface area (Å²) in [5.74, 6) is 0. The first-order valence-corrected chi connectivity index (χ1v) is 24.7. The summed E-state index contributed by atoms with van der Waals surface area (Å²) in [4.78, 5) is 4.89. The normalized spacial score (nSPS) is 12.1. The average molecular weight is 887 g/mol. The van der Waals surface area contributed by atoms with E-state index in [1.54, 1.807) is 0 Å². The molecular formula is C58H34N2S4. The van der Waals surface area contributed by atoms with E-state index in [2.05, 4.69) is 216 Å². The Labute approximate surface area is 384 Å². The van der Waals surface area contributed by atoms with Gasteiger partial charge in [0.05, 0.1) is 20.8 Å². The third-order valence-electron chi connectivity index (χ3n) is 12.8. The van der Waals surface area contributed by atoms with Crippen LogP contribution in [0.1, 0.15) is 0 Å². The van der Waals surface area contributed by atoms with E-state index in [-0.39, 0.29) is 0 Å². The highest BCUT2D eigenvalue weighted by Gasteiger charge is 2.21. The molecule has 0 bridgehead atoms. The van der Waals surface area contributed by atoms with Crippen molar-refractivity contribution < 1.29 is 0 Å². The highest BCUT2D eigenvalue weighted by molar-refractivity contribution is 7.27. The Hall–Kier alpha value is -7.06. The van der Waals surface area contributed by atoms with Gasteiger partial charge in [-0.25, -0.2) is 0 Å². The van der Waals surface area contributed by atoms with Gasteiger partial charge in [0, 0.05) is 94.0 Å². The van der Waals surface area contributed by atoms with Crippen molar-refractivity contribution in [2.75, 3.05) is 9.80 Å². The fourth-order valence-electron chi connectivity index (χ4n) is 9.87. The van der Waals surface area contributed by atoms with Crippen LogP contribution >= 0.6 is 45.3 Å². The zero-order valence-corrected chi connectivity index (χ0v) is 37.4. The molecule has 64 heavy (non-hydrogen) atoms. The molecule has 10 aromatic carbocycles. The minimum Gasteiger partial charge on any atom is -0.309 e. The minimum atomic E-state index is 1.15. The summed E-state index contributed by atoms with van der Waals surface area (Å²) in [6.07, 6.45) is 0. The third kappa shape index (κ3) is 5.60. The van der Waals surface area contributed by atoms with E-state index < -0.39 is 0 Å². The van der Waals surface area contributed by atoms with Crippen molar-refractivity contribution in [1.29, 1.82) is 0 Å². The predicted molar refractivity (Wildman–Crippen MR) is 285 cm³/mol. The molecule has 4 aromatic heterocycles. The summed E-state index contributed by atoms with van der Waals surface area (Å²) in [6.45, 7) is 0. The maximum absolute atomic E-state index is 2.44. The number of hydrogen-bond acceptors (Lipinski definition) is 6. The lowest BCUT2D eigenvalue weighted by molar-refractivity contribution is 1.31. The predicted octanol–water partition coefficient (Wildman–Crippen LogP) is 19.3. The van der Waals surface area contributed by atoms with E-state index in [4.69, 9.17) is 0 Å². The Balaban J connectivity index is 0.931. The average Bonchev–Trinajstić information content (AvgIpc) is 4.11. The zero-order chi connectivity index (χ0) is 41.9. The van der Waals surface area contributed by atoms with Gasteiger partial charge in [0.25, 0.3) is 0 Å². The van der Waals surface area contributed by atoms with Crippen molar-refractivity contribution >= 4 is 171 Å². The van der Waals surface area contributed by atoms with Gasteiger partial charge in [0.15, 0.2) is 0 Å². The summed E-state index contributed by atoms with van der Waals surface area (Å²) in [5.41, 5.74) is 7.01. The van der Waals surface area contributed by atoms with E-state index in [0.717, 1.165) is 22.7 Å². The van der Waals surface area contributed by atoms with Crippen LogP contribution in [0.3, 0.4) is 0 Å². The van der Waals surface area contributed by atoms with Crippen LogP contribution in [0.25, 0.3) is 91.5 Å². The van der Waals surface area contributed by atoms with Gasteiger partial charge in [-0.1, -0.05) is 97.1 Å². The summed E-state index contributed by atoms with van der Waals surface area (Å²) in [6, 6.07) is 76.5. The second-order valence-electron chi connectivity index (χ2n) is 16.5. The van der Waals surface area contributed by atoms with Crippen molar-refractivity contribution in [3.8, 4) is 0 Å². The molecule has 14 rings (SSSR count). The molecule has 0 N–H and O–H groups in total. The first kappa shape index (κ1) is 36.4. The summed E-state index contributed by atoms with van der Waals surface area (Å²) < 4.78 is 10.4. The van der Waals surface area contributed by atoms with Crippen LogP contribution in [-0.2, 0) is 0 Å². The maximum Gasteiger partial charge on any atom is 0.0640 e. The quantitative estimate of drug-likeness (QED) is 0.164. The van der Waals surface area contributed by atoms with Gasteiger partial charge in [-0.3, -0.25) is 0 Å². The van der Waals surface area contributed by atoms with Crippen LogP contribution in [0.5, 0.6) is 0 Å². The SMILES string of the molecule is c1ccc(N(c2ccc3sc4cc5cc6sc7ccc(N(c8ccccc8)c8cccc9c8sc8ccccc89)cc7c6cc5cc4c3c2)c2cccc3c2sc2ccccc23)cc1. The molecule has 2 nitrogen and oxygen atoms in total. The Morgan fingerprint density at radius 3 is 1.11 bits per heavy atom. The molecule has 0 fully saturated rings. The van der Waals surface area contributed by atoms with Gasteiger partial charge in [-0.2, -0.15) is 0 Å². The zero-order valence-electron chi connectivity index (χ0n) is 34.2. The molecule has 0 spiro atoms. The van der Waals surface area contributed by atoms with Gasteiger partial charge in [-0.15, -0.1) is 45.3 Å². The Morgan fingerprint density at radius 1 is 0.234 bits per heavy atom. The maximum atomic E-state index is 2.44. The lowest BCUT2D eigenvalue weighted by atomic mass is 10.0. The second kappa shape index (κ2) is 14.2. The molecule has 0 saturated heterocycles. The summed E-state index contributed by atoms with van der Waals surface area (Å²) in [5, 5.41) is 12.9. The lowest BCUT2D eigenvalue weighted by Gasteiger charge is -2.26. The number of thiophene rings is 4. The number of nitrogens with zero attached hydrogens (tertiary/aromatic N) is 2. The molecule has 0 unspecified atom stereocenters. The monoisotopic (exact) mass is 886 g/mol. The van der Waals surface area contributed by atoms with Crippen molar-refractivity contribution in [3.05, 3.63) is 206 Å². The van der Waals surface area contributed by atoms with Crippen molar-refractivity contribution in [2.45, 2.75) is 0 Å². The Bertz CT molecular complexity index is 3890. The van der Waals surface area contributed by atoms with Gasteiger partial charge in [0.2, 0.25) is 0 Å². The summed E-state index contributed by atoms with van der Waals surface area (Å²) in [7, 11) is 0. The number of benzene rings is 10. The number of fused-ring (bicyclic) bond motifs is 13. The van der Waals surface area contributed by atoms with Crippen molar-refractivity contribution in [1.82, 2.24) is 0 Å². The molecule has 4 heterocycles. The fraction of sp³-hybridized carbons (Fsp3) is 0. The van der Waals surface area contributed by atoms with E-state index >= 15 is 0 Å². The number of hydrogen-bond donors (Lipinski definition) is 0. The van der Waals surface area contributed by atoms with Crippen LogP contribution in [0.4, 0.5) is 34.1 Å². The van der Waals surface area contributed by atoms with Crippen LogP contribution in [-0.4, -0.2) is 0 Å². The second-order valence-corrected chi connectivity index (χ2v) is 20.7. The van der Waals surface area contributed by atoms with Crippen LogP contribution < -0.4 is 9.80 Å². The van der Waals surface area contributed by atoms with E-state index in [1.165, 1.54) is 103 Å². The molecule has 0 aliphatic carbocycles. The largest absolute Gasteiger partial charge is 0.309 e. The topological polar surface area (TPSA) is 6.48 Å². The minimum absolute atomic E-state index is 1.15. The Morgan fingerprint density at radius 2 is 0.625 bits per heavy atom. The standard InChI is InChI=1S/C58H34N2S4/c1-3-13-37(14-4-1)59(49-21-11-19-43-41-17-7-9-23-51(41)63-57(43)49)39-25-27-53-47(33-39)45-29-35-30-46-48-34-40(26-28-54(48)62-56(46)32-36(35)31-55(45)61-53)60(38-15-5-2-6-16-38)50-22-12-20-44-42-18-8-10-24-52(42)64-58(44)50/h1-34H. The van der Waals surface area contributed by atoms with Crippen molar-refractivity contribution in [3.63, 3.8) is 0 Å². The van der Waals surface area contributed by atoms with Gasteiger partial charge >= 0.3 is 0 Å². The first-order valence-electron chi connectivity index (χ1n) is 21.5. The number of rotatable bonds is 6. The van der Waals surface area contributed by atoms with E-state index in [9.17, 15) is 0 Å². The van der Waals surface area contributed by atoms with E-state index in [1.807, 2.05) is 45.3 Å². The van der Waals surface area contributed by atoms with Crippen LogP contribution in [0.15, 0.2) is 206 Å². The van der Waals surface area contributed by atoms with Crippen molar-refractivity contribution in [2.24, 2.45) is 0 Å². The molecule has 300 valence electrons. The molecule has 0 amide bonds. The molecule has 0 radical (unpaired) electrons. The van der Waals surface area contributed by atoms with Gasteiger partial charge < -0.3 is 9.80 Å². The van der Waals surface area contributed by atoms with Crippen LogP contribution in [0, 0.1) is 0 Å². The smallest absolute Gasteiger partial charge is 0.0640 e. The molecule has 0 saturated carbocycles. The number of para-hydroxylation sites is 2. The first-order chi connectivity index (χ1) is 31.7. The van der Waals surface area contributed by atoms with Crippen LogP contribution in [0.2, 0.25) is 0 Å². The molecule has 0 atom stereocenters. The molecule has 0 aliphatic rings. The van der Waals surface area contributed by atoms with E-state index in [0.29, 0.717) is 0 Å². The van der Waals surface area contributed by atoms with Gasteiger partial charge in [-0.05, 0) is 120 Å². The third-order valence-corrected chi connectivity index (χ3v) is 17.5. The van der Waals surface area contributed by atoms with Gasteiger partial charge in [0.1, 0.15) is 0 Å². The highest BCUT2D eigenvalue weighted by Crippen LogP contribution is 2.49. The molecule has 6 heteroatoms. The summed E-state index contributed by atoms with van der Waals surface area (Å²) >= 11 is 7.53. The molecule has 14 aromatic rings. The number of anilines is 6. The Kier molecular flexibility index (Phi) is 8.10. The molecular weight excluding hydrogens is 853 g/mol. The fourth-order valence-corrected chi connectivity index (χ4v) is 14.5. The molecule has 0 aliphatic heterocycles. The highest BCUT2D eigenvalue weighted by atomic mass is 32.1.